The van der Waals surface area contributed by atoms with Gasteiger partial charge in [-0.3, -0.25) is 9.00 Å². The van der Waals surface area contributed by atoms with Gasteiger partial charge in [-0.15, -0.1) is 0 Å². The number of carboxylic acids is 1. The zero-order valence-electron chi connectivity index (χ0n) is 10.5. The number of carboxylic acid groups (broad SMARTS) is 1. The van der Waals surface area contributed by atoms with Crippen molar-refractivity contribution in [3.8, 4) is 0 Å². The first-order valence-corrected chi connectivity index (χ1v) is 7.36. The van der Waals surface area contributed by atoms with Crippen molar-refractivity contribution in [1.29, 1.82) is 0 Å². The topological polar surface area (TPSA) is 95.5 Å². The Balaban J connectivity index is 2.58. The largest absolute Gasteiger partial charge is 0.481 e. The highest BCUT2D eigenvalue weighted by molar-refractivity contribution is 7.84. The Labute approximate surface area is 113 Å². The minimum absolute atomic E-state index is 0.157. The van der Waals surface area contributed by atoms with E-state index in [0.717, 1.165) is 0 Å². The number of benzene rings is 1. The van der Waals surface area contributed by atoms with Crippen molar-refractivity contribution in [3.63, 3.8) is 0 Å². The second-order valence-corrected chi connectivity index (χ2v) is 5.44. The zero-order valence-corrected chi connectivity index (χ0v) is 11.3. The molecule has 2 amide bonds. The van der Waals surface area contributed by atoms with Crippen LogP contribution in [-0.2, 0) is 22.0 Å². The fourth-order valence-electron chi connectivity index (χ4n) is 1.43. The van der Waals surface area contributed by atoms with Gasteiger partial charge in [0.1, 0.15) is 0 Å². The van der Waals surface area contributed by atoms with E-state index in [1.165, 1.54) is 0 Å². The molecule has 1 atom stereocenters. The number of carbonyl (C=O) groups is 2. The molecular weight excluding hydrogens is 268 g/mol. The summed E-state index contributed by atoms with van der Waals surface area (Å²) >= 11 is 0. The van der Waals surface area contributed by atoms with Crippen molar-refractivity contribution < 1.29 is 18.9 Å². The van der Waals surface area contributed by atoms with Crippen molar-refractivity contribution in [3.05, 3.63) is 29.8 Å². The summed E-state index contributed by atoms with van der Waals surface area (Å²) in [6.45, 7) is 0.302. The minimum Gasteiger partial charge on any atom is -0.481 e. The van der Waals surface area contributed by atoms with Crippen LogP contribution in [0.3, 0.4) is 0 Å². The maximum Gasteiger partial charge on any atom is 0.319 e. The monoisotopic (exact) mass is 284 g/mol. The fraction of sp³-hybridized carbons (Fsp3) is 0.333. The number of nitrogens with one attached hydrogen (secondary N) is 2. The first-order chi connectivity index (χ1) is 8.99. The van der Waals surface area contributed by atoms with Gasteiger partial charge >= 0.3 is 12.0 Å². The molecular formula is C12H16N2O4S. The fourth-order valence-corrected chi connectivity index (χ4v) is 1.82. The van der Waals surface area contributed by atoms with Crippen LogP contribution in [0.4, 0.5) is 10.5 Å². The molecule has 0 aliphatic rings. The van der Waals surface area contributed by atoms with E-state index in [2.05, 4.69) is 10.6 Å². The van der Waals surface area contributed by atoms with Gasteiger partial charge in [0.25, 0.3) is 0 Å². The lowest BCUT2D eigenvalue weighted by molar-refractivity contribution is -0.136. The maximum atomic E-state index is 11.6. The molecule has 1 aromatic rings. The Morgan fingerprint density at radius 3 is 2.63 bits per heavy atom. The van der Waals surface area contributed by atoms with E-state index in [0.29, 0.717) is 23.5 Å². The van der Waals surface area contributed by atoms with Crippen LogP contribution in [0.5, 0.6) is 0 Å². The van der Waals surface area contributed by atoms with Crippen LogP contribution >= 0.6 is 0 Å². The van der Waals surface area contributed by atoms with Crippen LogP contribution < -0.4 is 10.6 Å². The Kier molecular flexibility index (Phi) is 6.01. The van der Waals surface area contributed by atoms with E-state index in [-0.39, 0.29) is 6.42 Å². The summed E-state index contributed by atoms with van der Waals surface area (Å²) in [5, 5.41) is 13.9. The molecule has 104 valence electrons. The highest BCUT2D eigenvalue weighted by Gasteiger charge is 2.08. The van der Waals surface area contributed by atoms with Crippen LogP contribution in [0.15, 0.2) is 24.3 Å². The number of aliphatic carboxylic acids is 1. The number of urea groups is 1. The van der Waals surface area contributed by atoms with E-state index in [9.17, 15) is 13.8 Å². The summed E-state index contributed by atoms with van der Waals surface area (Å²) in [5.41, 5.74) is 0.990. The Morgan fingerprint density at radius 2 is 2.00 bits per heavy atom. The third-order valence-corrected chi connectivity index (χ3v) is 3.06. The highest BCUT2D eigenvalue weighted by Crippen LogP contribution is 2.15. The molecule has 7 heteroatoms. The summed E-state index contributed by atoms with van der Waals surface area (Å²) < 4.78 is 10.8. The molecule has 1 aromatic carbocycles. The molecule has 0 saturated carbocycles. The molecule has 1 unspecified atom stereocenters. The molecule has 0 saturated heterocycles. The lowest BCUT2D eigenvalue weighted by atomic mass is 10.1. The number of para-hydroxylation sites is 1. The van der Waals surface area contributed by atoms with Crippen LogP contribution in [0.2, 0.25) is 0 Å². The summed E-state index contributed by atoms with van der Waals surface area (Å²) in [6.07, 6.45) is 1.40. The number of amides is 2. The molecule has 0 aliphatic carbocycles. The van der Waals surface area contributed by atoms with Crippen LogP contribution in [0, 0.1) is 0 Å². The van der Waals surface area contributed by atoms with Gasteiger partial charge in [0.05, 0.1) is 6.42 Å². The van der Waals surface area contributed by atoms with Gasteiger partial charge in [0, 0.05) is 35.0 Å². The van der Waals surface area contributed by atoms with Gasteiger partial charge in [-0.1, -0.05) is 18.2 Å². The van der Waals surface area contributed by atoms with Gasteiger partial charge in [-0.25, -0.2) is 4.79 Å². The average molecular weight is 284 g/mol. The van der Waals surface area contributed by atoms with E-state index in [1.807, 2.05) is 0 Å². The number of hydrogen-bond donors (Lipinski definition) is 3. The molecule has 1 rings (SSSR count). The Hall–Kier alpha value is -1.89. The molecule has 19 heavy (non-hydrogen) atoms. The third kappa shape index (κ3) is 6.01. The molecule has 0 radical (unpaired) electrons. The van der Waals surface area contributed by atoms with Crippen molar-refractivity contribution in [1.82, 2.24) is 5.32 Å². The van der Waals surface area contributed by atoms with Gasteiger partial charge < -0.3 is 15.7 Å². The normalized spacial score (nSPS) is 11.6. The van der Waals surface area contributed by atoms with Gasteiger partial charge in [-0.05, 0) is 11.6 Å². The van der Waals surface area contributed by atoms with Crippen LogP contribution in [0.1, 0.15) is 5.56 Å². The molecule has 0 aromatic heterocycles. The third-order valence-electron chi connectivity index (χ3n) is 2.28. The van der Waals surface area contributed by atoms with Gasteiger partial charge in [0.2, 0.25) is 0 Å². The minimum atomic E-state index is -0.962. The number of rotatable bonds is 6. The standard InChI is InChI=1S/C12H16N2O4S/c1-19(18)7-6-13-12(17)14-10-5-3-2-4-9(10)8-11(15)16/h2-5H,6-8H2,1H3,(H,15,16)(H2,13,14,17). The van der Waals surface area contributed by atoms with Crippen molar-refractivity contribution in [2.24, 2.45) is 0 Å². The molecule has 0 spiro atoms. The number of anilines is 1. The number of carbonyl (C=O) groups excluding carboxylic acids is 1. The van der Waals surface area contributed by atoms with E-state index >= 15 is 0 Å². The van der Waals surface area contributed by atoms with Crippen LogP contribution in [-0.4, -0.2) is 39.9 Å². The summed E-state index contributed by atoms with van der Waals surface area (Å²) in [5.74, 6) is -0.583. The Bertz CT molecular complexity index is 490. The Morgan fingerprint density at radius 1 is 1.32 bits per heavy atom. The molecule has 0 fully saturated rings. The lowest BCUT2D eigenvalue weighted by Gasteiger charge is -2.10. The van der Waals surface area contributed by atoms with E-state index < -0.39 is 22.8 Å². The van der Waals surface area contributed by atoms with Crippen molar-refractivity contribution >= 4 is 28.5 Å². The van der Waals surface area contributed by atoms with Crippen molar-refractivity contribution in [2.45, 2.75) is 6.42 Å². The second kappa shape index (κ2) is 7.52. The SMILES string of the molecule is CS(=O)CCNC(=O)Nc1ccccc1CC(=O)O. The molecule has 3 N–H and O–H groups in total. The summed E-state index contributed by atoms with van der Waals surface area (Å²) in [4.78, 5) is 22.3. The predicted molar refractivity (Wildman–Crippen MR) is 73.7 cm³/mol. The first-order valence-electron chi connectivity index (χ1n) is 5.63. The summed E-state index contributed by atoms with van der Waals surface area (Å²) in [6, 6.07) is 6.26. The predicted octanol–water partition coefficient (Wildman–Crippen LogP) is 0.814. The van der Waals surface area contributed by atoms with Gasteiger partial charge in [-0.2, -0.15) is 0 Å². The molecule has 0 aliphatic heterocycles. The zero-order chi connectivity index (χ0) is 14.3. The highest BCUT2D eigenvalue weighted by atomic mass is 32.2. The average Bonchev–Trinajstić information content (AvgIpc) is 2.30. The molecule has 6 nitrogen and oxygen atoms in total. The smallest absolute Gasteiger partial charge is 0.319 e. The van der Waals surface area contributed by atoms with E-state index in [1.54, 1.807) is 30.5 Å². The van der Waals surface area contributed by atoms with Gasteiger partial charge in [0.15, 0.2) is 0 Å². The summed E-state index contributed by atoms with van der Waals surface area (Å²) in [7, 11) is -0.961. The molecule has 0 bridgehead atoms. The number of hydrogen-bond acceptors (Lipinski definition) is 3. The first kappa shape index (κ1) is 15.2. The lowest BCUT2D eigenvalue weighted by Crippen LogP contribution is -2.32. The van der Waals surface area contributed by atoms with Crippen LogP contribution in [0.25, 0.3) is 0 Å². The van der Waals surface area contributed by atoms with E-state index in [4.69, 9.17) is 5.11 Å². The second-order valence-electron chi connectivity index (χ2n) is 3.89. The van der Waals surface area contributed by atoms with Crippen molar-refractivity contribution in [2.75, 3.05) is 23.9 Å². The molecule has 0 heterocycles. The maximum absolute atomic E-state index is 11.6. The quantitative estimate of drug-likeness (QED) is 0.720.